The number of carbonyl (C=O) groups is 2. The first-order valence-corrected chi connectivity index (χ1v) is 6.70. The van der Waals surface area contributed by atoms with Crippen LogP contribution in [0.1, 0.15) is 5.56 Å². The topological polar surface area (TPSA) is 58.2 Å². The van der Waals surface area contributed by atoms with Gasteiger partial charge in [-0.15, -0.1) is 0 Å². The van der Waals surface area contributed by atoms with Gasteiger partial charge in [0.05, 0.1) is 12.2 Å². The maximum atomic E-state index is 11.4. The summed E-state index contributed by atoms with van der Waals surface area (Å²) in [5, 5.41) is 0.627. The van der Waals surface area contributed by atoms with Gasteiger partial charge in [0.1, 0.15) is 0 Å². The third kappa shape index (κ3) is 5.60. The second kappa shape index (κ2) is 7.19. The van der Waals surface area contributed by atoms with Crippen molar-refractivity contribution in [3.63, 3.8) is 0 Å². The molecule has 92 valence electrons. The van der Waals surface area contributed by atoms with E-state index < -0.39 is 0 Å². The molecule has 0 bridgehead atoms. The molecule has 0 heterocycles. The Kier molecular flexibility index (Phi) is 5.86. The smallest absolute Gasteiger partial charge is 0.248 e. The lowest BCUT2D eigenvalue weighted by atomic mass is 10.1. The van der Waals surface area contributed by atoms with Crippen LogP contribution >= 0.6 is 23.4 Å². The Labute approximate surface area is 109 Å². The molecule has 0 spiro atoms. The highest BCUT2D eigenvalue weighted by Crippen LogP contribution is 2.09. The Morgan fingerprint density at radius 2 is 1.76 bits per heavy atom. The molecule has 0 aromatic heterocycles. The Morgan fingerprint density at radius 1 is 1.18 bits per heavy atom. The van der Waals surface area contributed by atoms with Crippen molar-refractivity contribution in [1.82, 2.24) is 10.9 Å². The van der Waals surface area contributed by atoms with Gasteiger partial charge >= 0.3 is 0 Å². The summed E-state index contributed by atoms with van der Waals surface area (Å²) in [6.45, 7) is 0. The van der Waals surface area contributed by atoms with Crippen molar-refractivity contribution < 1.29 is 9.59 Å². The Bertz CT molecular complexity index is 395. The molecule has 0 radical (unpaired) electrons. The third-order valence-corrected chi connectivity index (χ3v) is 2.70. The molecule has 0 saturated carbocycles. The zero-order valence-corrected chi connectivity index (χ0v) is 10.9. The Balaban J connectivity index is 2.34. The second-order valence-electron chi connectivity index (χ2n) is 3.33. The third-order valence-electron chi connectivity index (χ3n) is 1.89. The van der Waals surface area contributed by atoms with Gasteiger partial charge in [0.25, 0.3) is 0 Å². The minimum Gasteiger partial charge on any atom is -0.273 e. The van der Waals surface area contributed by atoms with E-state index in [2.05, 4.69) is 10.9 Å². The number of thioether (sulfide) groups is 1. The average molecular weight is 273 g/mol. The van der Waals surface area contributed by atoms with Gasteiger partial charge < -0.3 is 0 Å². The van der Waals surface area contributed by atoms with E-state index >= 15 is 0 Å². The molecule has 2 amide bonds. The number of amides is 2. The van der Waals surface area contributed by atoms with Crippen molar-refractivity contribution in [1.29, 1.82) is 0 Å². The number of hydrogen-bond acceptors (Lipinski definition) is 3. The molecule has 0 aliphatic heterocycles. The minimum atomic E-state index is -0.262. The molecule has 1 aromatic rings. The molecule has 6 heteroatoms. The highest BCUT2D eigenvalue weighted by molar-refractivity contribution is 7.99. The van der Waals surface area contributed by atoms with Crippen LogP contribution in [0.15, 0.2) is 24.3 Å². The molecule has 0 aliphatic rings. The molecular formula is C11H13ClN2O2S. The van der Waals surface area contributed by atoms with Crippen LogP contribution in [0.5, 0.6) is 0 Å². The molecule has 1 rings (SSSR count). The lowest BCUT2D eigenvalue weighted by Crippen LogP contribution is -2.43. The molecule has 0 aliphatic carbocycles. The molecule has 0 fully saturated rings. The predicted molar refractivity (Wildman–Crippen MR) is 69.8 cm³/mol. The van der Waals surface area contributed by atoms with Crippen LogP contribution in [0.2, 0.25) is 5.02 Å². The van der Waals surface area contributed by atoms with Crippen molar-refractivity contribution in [2.45, 2.75) is 6.42 Å². The van der Waals surface area contributed by atoms with Crippen molar-refractivity contribution in [3.8, 4) is 0 Å². The maximum absolute atomic E-state index is 11.4. The summed E-state index contributed by atoms with van der Waals surface area (Å²) in [6, 6.07) is 6.98. The van der Waals surface area contributed by atoms with Crippen molar-refractivity contribution >= 4 is 35.2 Å². The molecule has 0 saturated heterocycles. The molecule has 2 N–H and O–H groups in total. The lowest BCUT2D eigenvalue weighted by Gasteiger charge is -2.06. The van der Waals surface area contributed by atoms with Gasteiger partial charge in [-0.1, -0.05) is 23.7 Å². The van der Waals surface area contributed by atoms with Crippen LogP contribution in [0.4, 0.5) is 0 Å². The van der Waals surface area contributed by atoms with E-state index in [4.69, 9.17) is 11.6 Å². The summed E-state index contributed by atoms with van der Waals surface area (Å²) in [5.74, 6) is -0.162. The monoisotopic (exact) mass is 272 g/mol. The quantitative estimate of drug-likeness (QED) is 0.815. The fourth-order valence-electron chi connectivity index (χ4n) is 1.14. The van der Waals surface area contributed by atoms with Gasteiger partial charge in [0, 0.05) is 5.02 Å². The summed E-state index contributed by atoms with van der Waals surface area (Å²) in [4.78, 5) is 22.5. The molecule has 4 nitrogen and oxygen atoms in total. The Hall–Kier alpha value is -1.20. The SMILES string of the molecule is CSCC(=O)NNC(=O)Cc1ccc(Cl)cc1. The number of hydrazine groups is 1. The molecule has 1 aromatic carbocycles. The van der Waals surface area contributed by atoms with Crippen LogP contribution in [-0.4, -0.2) is 23.8 Å². The Morgan fingerprint density at radius 3 is 2.35 bits per heavy atom. The molecular weight excluding hydrogens is 260 g/mol. The van der Waals surface area contributed by atoms with Crippen LogP contribution in [0.3, 0.4) is 0 Å². The standard InChI is InChI=1S/C11H13ClN2O2S/c1-17-7-11(16)14-13-10(15)6-8-2-4-9(12)5-3-8/h2-5H,6-7H2,1H3,(H,13,15)(H,14,16). The van der Waals surface area contributed by atoms with Gasteiger partial charge in [-0.25, -0.2) is 0 Å². The van der Waals surface area contributed by atoms with Gasteiger partial charge in [0.2, 0.25) is 11.8 Å². The van der Waals surface area contributed by atoms with E-state index in [1.807, 2.05) is 6.26 Å². The van der Waals surface area contributed by atoms with Crippen molar-refractivity contribution in [3.05, 3.63) is 34.9 Å². The fraction of sp³-hybridized carbons (Fsp3) is 0.273. The lowest BCUT2D eigenvalue weighted by molar-refractivity contribution is -0.127. The second-order valence-corrected chi connectivity index (χ2v) is 4.64. The number of hydrogen-bond donors (Lipinski definition) is 2. The fourth-order valence-corrected chi connectivity index (χ4v) is 1.60. The first-order chi connectivity index (χ1) is 8.11. The first-order valence-electron chi connectivity index (χ1n) is 4.93. The number of nitrogens with one attached hydrogen (secondary N) is 2. The zero-order valence-electron chi connectivity index (χ0n) is 9.33. The van der Waals surface area contributed by atoms with E-state index in [1.54, 1.807) is 24.3 Å². The predicted octanol–water partition coefficient (Wildman–Crippen LogP) is 1.39. The van der Waals surface area contributed by atoms with Crippen LogP contribution in [0.25, 0.3) is 0 Å². The summed E-state index contributed by atoms with van der Waals surface area (Å²) in [6.07, 6.45) is 2.02. The molecule has 0 atom stereocenters. The summed E-state index contributed by atoms with van der Waals surface area (Å²) in [5.41, 5.74) is 5.51. The van der Waals surface area contributed by atoms with E-state index in [0.29, 0.717) is 10.8 Å². The van der Waals surface area contributed by atoms with Crippen LogP contribution in [-0.2, 0) is 16.0 Å². The van der Waals surface area contributed by atoms with E-state index in [-0.39, 0.29) is 18.2 Å². The van der Waals surface area contributed by atoms with Gasteiger partial charge in [-0.3, -0.25) is 20.4 Å². The highest BCUT2D eigenvalue weighted by atomic mass is 35.5. The number of halogens is 1. The minimum absolute atomic E-state index is 0.205. The van der Waals surface area contributed by atoms with Gasteiger partial charge in [-0.05, 0) is 24.0 Å². The van der Waals surface area contributed by atoms with E-state index in [9.17, 15) is 9.59 Å². The highest BCUT2D eigenvalue weighted by Gasteiger charge is 2.05. The normalized spacial score (nSPS) is 9.76. The number of benzene rings is 1. The zero-order chi connectivity index (χ0) is 12.7. The average Bonchev–Trinajstić information content (AvgIpc) is 2.30. The summed E-state index contributed by atoms with van der Waals surface area (Å²) < 4.78 is 0. The van der Waals surface area contributed by atoms with Crippen molar-refractivity contribution in [2.75, 3.05) is 12.0 Å². The number of carbonyl (C=O) groups excluding carboxylic acids is 2. The molecule has 17 heavy (non-hydrogen) atoms. The van der Waals surface area contributed by atoms with Crippen LogP contribution < -0.4 is 10.9 Å². The van der Waals surface area contributed by atoms with Crippen LogP contribution in [0, 0.1) is 0 Å². The molecule has 0 unspecified atom stereocenters. The first kappa shape index (κ1) is 13.9. The van der Waals surface area contributed by atoms with Gasteiger partial charge in [-0.2, -0.15) is 11.8 Å². The van der Waals surface area contributed by atoms with Crippen molar-refractivity contribution in [2.24, 2.45) is 0 Å². The summed E-state index contributed by atoms with van der Waals surface area (Å²) in [7, 11) is 0. The number of rotatable bonds is 4. The summed E-state index contributed by atoms with van der Waals surface area (Å²) >= 11 is 7.11. The van der Waals surface area contributed by atoms with Gasteiger partial charge in [0.15, 0.2) is 0 Å². The maximum Gasteiger partial charge on any atom is 0.248 e. The largest absolute Gasteiger partial charge is 0.273 e. The van der Waals surface area contributed by atoms with E-state index in [1.165, 1.54) is 11.8 Å². The van der Waals surface area contributed by atoms with E-state index in [0.717, 1.165) is 5.56 Å².